The van der Waals surface area contributed by atoms with Gasteiger partial charge in [-0.15, -0.1) is 11.3 Å². The van der Waals surface area contributed by atoms with Crippen LogP contribution in [0.1, 0.15) is 24.3 Å². The number of carbonyl (C=O) groups is 1. The zero-order valence-corrected chi connectivity index (χ0v) is 16.8. The van der Waals surface area contributed by atoms with Crippen molar-refractivity contribution in [1.82, 2.24) is 20.1 Å². The van der Waals surface area contributed by atoms with Crippen molar-refractivity contribution in [3.63, 3.8) is 0 Å². The summed E-state index contributed by atoms with van der Waals surface area (Å²) in [4.78, 5) is 25.9. The Labute approximate surface area is 177 Å². The molecule has 8 nitrogen and oxygen atoms in total. The number of carbonyl (C=O) groups excluding carboxylic acids is 1. The third kappa shape index (κ3) is 5.26. The van der Waals surface area contributed by atoms with Gasteiger partial charge in [0.1, 0.15) is 6.61 Å². The summed E-state index contributed by atoms with van der Waals surface area (Å²) < 4.78 is 11.1. The van der Waals surface area contributed by atoms with E-state index in [1.807, 2.05) is 29.6 Å². The standard InChI is InChI=1S/C21H19N5O3S/c27-18(6-1-7-19-25-21(26-29-19)17-5-3-13-30-17)24-20-16(4-2-10-23-20)28-14-15-8-11-22-12-9-15/h2-5,8-13H,1,6-7,14H2,(H,23,24,27). The van der Waals surface area contributed by atoms with Gasteiger partial charge in [-0.1, -0.05) is 11.2 Å². The van der Waals surface area contributed by atoms with E-state index in [2.05, 4.69) is 25.4 Å². The Bertz CT molecular complexity index is 1080. The van der Waals surface area contributed by atoms with Crippen molar-refractivity contribution in [3.05, 3.63) is 71.8 Å². The number of anilines is 1. The van der Waals surface area contributed by atoms with Gasteiger partial charge < -0.3 is 14.6 Å². The van der Waals surface area contributed by atoms with Crippen LogP contribution < -0.4 is 10.1 Å². The highest BCUT2D eigenvalue weighted by Crippen LogP contribution is 2.23. The van der Waals surface area contributed by atoms with Crippen molar-refractivity contribution in [2.24, 2.45) is 0 Å². The van der Waals surface area contributed by atoms with E-state index in [1.165, 1.54) is 0 Å². The average Bonchev–Trinajstić information content (AvgIpc) is 3.46. The van der Waals surface area contributed by atoms with Gasteiger partial charge in [0.25, 0.3) is 0 Å². The Morgan fingerprint density at radius 3 is 2.87 bits per heavy atom. The van der Waals surface area contributed by atoms with E-state index in [0.717, 1.165) is 10.4 Å². The topological polar surface area (TPSA) is 103 Å². The SMILES string of the molecule is O=C(CCCc1nc(-c2cccs2)no1)Nc1ncccc1OCc1ccncc1. The molecule has 0 aromatic carbocycles. The van der Waals surface area contributed by atoms with E-state index in [-0.39, 0.29) is 5.91 Å². The lowest BCUT2D eigenvalue weighted by atomic mass is 10.2. The molecule has 9 heteroatoms. The first-order valence-corrected chi connectivity index (χ1v) is 10.3. The van der Waals surface area contributed by atoms with Gasteiger partial charge in [-0.05, 0) is 47.7 Å². The second kappa shape index (κ2) is 9.75. The summed E-state index contributed by atoms with van der Waals surface area (Å²) in [6, 6.07) is 11.2. The summed E-state index contributed by atoms with van der Waals surface area (Å²) in [6.07, 6.45) is 6.43. The first-order chi connectivity index (χ1) is 14.8. The fraction of sp³-hybridized carbons (Fsp3) is 0.190. The van der Waals surface area contributed by atoms with Crippen LogP contribution in [-0.2, 0) is 17.8 Å². The lowest BCUT2D eigenvalue weighted by molar-refractivity contribution is -0.116. The first kappa shape index (κ1) is 19.7. The predicted molar refractivity (Wildman–Crippen MR) is 112 cm³/mol. The molecule has 30 heavy (non-hydrogen) atoms. The van der Waals surface area contributed by atoms with Gasteiger partial charge in [0.15, 0.2) is 11.6 Å². The number of amides is 1. The maximum absolute atomic E-state index is 12.3. The summed E-state index contributed by atoms with van der Waals surface area (Å²) in [7, 11) is 0. The molecule has 1 amide bonds. The number of aryl methyl sites for hydroxylation is 1. The fourth-order valence-corrected chi connectivity index (χ4v) is 3.35. The third-order valence-corrected chi connectivity index (χ3v) is 5.04. The summed E-state index contributed by atoms with van der Waals surface area (Å²) in [5.41, 5.74) is 0.979. The Morgan fingerprint density at radius 2 is 2.03 bits per heavy atom. The number of aromatic nitrogens is 4. The summed E-state index contributed by atoms with van der Waals surface area (Å²) in [6.45, 7) is 0.362. The third-order valence-electron chi connectivity index (χ3n) is 4.18. The second-order valence-corrected chi connectivity index (χ2v) is 7.33. The van der Waals surface area contributed by atoms with Crippen LogP contribution in [0.25, 0.3) is 10.7 Å². The number of hydrogen-bond donors (Lipinski definition) is 1. The smallest absolute Gasteiger partial charge is 0.226 e. The molecule has 4 aromatic heterocycles. The molecule has 0 bridgehead atoms. The molecule has 0 atom stereocenters. The Balaban J connectivity index is 1.27. The number of nitrogens with one attached hydrogen (secondary N) is 1. The number of pyridine rings is 2. The number of rotatable bonds is 9. The zero-order chi connectivity index (χ0) is 20.6. The average molecular weight is 421 g/mol. The van der Waals surface area contributed by atoms with Gasteiger partial charge in [0, 0.05) is 31.4 Å². The van der Waals surface area contributed by atoms with Crippen molar-refractivity contribution >= 4 is 23.1 Å². The molecule has 0 aliphatic rings. The quantitative estimate of drug-likeness (QED) is 0.433. The molecule has 0 unspecified atom stereocenters. The highest BCUT2D eigenvalue weighted by molar-refractivity contribution is 7.13. The second-order valence-electron chi connectivity index (χ2n) is 6.39. The van der Waals surface area contributed by atoms with Crippen LogP contribution in [0.15, 0.2) is 64.9 Å². The maximum atomic E-state index is 12.3. The van der Waals surface area contributed by atoms with E-state index in [0.29, 0.717) is 49.2 Å². The fourth-order valence-electron chi connectivity index (χ4n) is 2.70. The maximum Gasteiger partial charge on any atom is 0.226 e. The summed E-state index contributed by atoms with van der Waals surface area (Å²) in [5.74, 6) is 1.86. The van der Waals surface area contributed by atoms with E-state index >= 15 is 0 Å². The minimum Gasteiger partial charge on any atom is -0.485 e. The van der Waals surface area contributed by atoms with Crippen molar-refractivity contribution in [2.75, 3.05) is 5.32 Å². The number of nitrogens with zero attached hydrogens (tertiary/aromatic N) is 4. The first-order valence-electron chi connectivity index (χ1n) is 9.41. The van der Waals surface area contributed by atoms with Crippen LogP contribution in [0.5, 0.6) is 5.75 Å². The molecule has 4 rings (SSSR count). The van der Waals surface area contributed by atoms with Gasteiger partial charge in [-0.3, -0.25) is 9.78 Å². The molecule has 4 aromatic rings. The predicted octanol–water partition coefficient (Wildman–Crippen LogP) is 4.13. The lowest BCUT2D eigenvalue weighted by Crippen LogP contribution is -2.14. The van der Waals surface area contributed by atoms with Crippen LogP contribution >= 0.6 is 11.3 Å². The van der Waals surface area contributed by atoms with Crippen LogP contribution in [-0.4, -0.2) is 26.0 Å². The van der Waals surface area contributed by atoms with Crippen molar-refractivity contribution in [1.29, 1.82) is 0 Å². The lowest BCUT2D eigenvalue weighted by Gasteiger charge is -2.11. The highest BCUT2D eigenvalue weighted by atomic mass is 32.1. The van der Waals surface area contributed by atoms with Crippen molar-refractivity contribution < 1.29 is 14.1 Å². The van der Waals surface area contributed by atoms with Gasteiger partial charge >= 0.3 is 0 Å². The minimum atomic E-state index is -0.152. The van der Waals surface area contributed by atoms with Gasteiger partial charge in [-0.2, -0.15) is 4.98 Å². The molecule has 0 saturated heterocycles. The van der Waals surface area contributed by atoms with E-state index in [9.17, 15) is 4.79 Å². The largest absolute Gasteiger partial charge is 0.485 e. The number of thiophene rings is 1. The highest BCUT2D eigenvalue weighted by Gasteiger charge is 2.12. The van der Waals surface area contributed by atoms with Gasteiger partial charge in [0.2, 0.25) is 17.6 Å². The number of ether oxygens (including phenoxy) is 1. The molecule has 0 fully saturated rings. The van der Waals surface area contributed by atoms with Gasteiger partial charge in [-0.25, -0.2) is 4.98 Å². The van der Waals surface area contributed by atoms with E-state index in [4.69, 9.17) is 9.26 Å². The Hall–Kier alpha value is -3.59. The normalized spacial score (nSPS) is 10.7. The molecule has 0 radical (unpaired) electrons. The van der Waals surface area contributed by atoms with Crippen LogP contribution in [0.4, 0.5) is 5.82 Å². The van der Waals surface area contributed by atoms with E-state index in [1.54, 1.807) is 42.1 Å². The molecule has 152 valence electrons. The van der Waals surface area contributed by atoms with Gasteiger partial charge in [0.05, 0.1) is 4.88 Å². The van der Waals surface area contributed by atoms with Crippen molar-refractivity contribution in [3.8, 4) is 16.5 Å². The molecule has 0 spiro atoms. The Kier molecular flexibility index (Phi) is 6.41. The molecular formula is C21H19N5O3S. The minimum absolute atomic E-state index is 0.152. The molecule has 0 aliphatic carbocycles. The van der Waals surface area contributed by atoms with Crippen LogP contribution in [0, 0.1) is 0 Å². The molecule has 0 aliphatic heterocycles. The molecule has 4 heterocycles. The zero-order valence-electron chi connectivity index (χ0n) is 16.0. The summed E-state index contributed by atoms with van der Waals surface area (Å²) >= 11 is 1.55. The molecule has 0 saturated carbocycles. The monoisotopic (exact) mass is 421 g/mol. The van der Waals surface area contributed by atoms with Crippen LogP contribution in [0.2, 0.25) is 0 Å². The number of hydrogen-bond acceptors (Lipinski definition) is 8. The van der Waals surface area contributed by atoms with E-state index < -0.39 is 0 Å². The van der Waals surface area contributed by atoms with Crippen LogP contribution in [0.3, 0.4) is 0 Å². The molecule has 1 N–H and O–H groups in total. The Morgan fingerprint density at radius 1 is 1.13 bits per heavy atom. The van der Waals surface area contributed by atoms with Crippen molar-refractivity contribution in [2.45, 2.75) is 25.9 Å². The summed E-state index contributed by atoms with van der Waals surface area (Å²) in [5, 5.41) is 8.74. The molecular weight excluding hydrogens is 402 g/mol.